The Bertz CT molecular complexity index is 268. The number of hydrogen-bond acceptors (Lipinski definition) is 3. The number of hydrogen-bond donors (Lipinski definition) is 2. The maximum absolute atomic E-state index is 12.2. The molecule has 2 N–H and O–H groups in total. The Morgan fingerprint density at radius 1 is 1.28 bits per heavy atom. The van der Waals surface area contributed by atoms with Gasteiger partial charge in [0, 0.05) is 12.0 Å². The van der Waals surface area contributed by atoms with Crippen molar-refractivity contribution in [3.63, 3.8) is 0 Å². The van der Waals surface area contributed by atoms with Crippen molar-refractivity contribution < 1.29 is 4.79 Å². The maximum atomic E-state index is 12.2. The number of amides is 1. The van der Waals surface area contributed by atoms with Gasteiger partial charge in [0.25, 0.3) is 0 Å². The molecule has 0 aromatic heterocycles. The molecule has 2 rings (SSSR count). The number of nitrogens with zero attached hydrogens (tertiary/aromatic N) is 1. The van der Waals surface area contributed by atoms with Crippen LogP contribution in [0, 0.1) is 5.41 Å². The molecule has 0 saturated carbocycles. The number of carbonyl (C=O) groups excluding carboxylic acids is 1. The van der Waals surface area contributed by atoms with Crippen LogP contribution in [0.25, 0.3) is 0 Å². The highest BCUT2D eigenvalue weighted by Crippen LogP contribution is 2.27. The summed E-state index contributed by atoms with van der Waals surface area (Å²) in [4.78, 5) is 14.7. The van der Waals surface area contributed by atoms with Crippen LogP contribution in [0.4, 0.5) is 0 Å². The zero-order valence-electron chi connectivity index (χ0n) is 11.6. The van der Waals surface area contributed by atoms with Crippen molar-refractivity contribution in [1.82, 2.24) is 15.5 Å². The Morgan fingerprint density at radius 2 is 1.94 bits per heavy atom. The fraction of sp³-hybridized carbons (Fsp3) is 0.929. The van der Waals surface area contributed by atoms with E-state index >= 15 is 0 Å². The average molecular weight is 253 g/mol. The summed E-state index contributed by atoms with van der Waals surface area (Å²) in [7, 11) is 0. The SMILES string of the molecule is CC1(C(=O)NCCCN2CCCC2)CCNCC1. The van der Waals surface area contributed by atoms with Crippen molar-refractivity contribution in [2.75, 3.05) is 39.3 Å². The van der Waals surface area contributed by atoms with E-state index in [0.717, 1.165) is 45.4 Å². The van der Waals surface area contributed by atoms with Crippen LogP contribution in [-0.2, 0) is 4.79 Å². The average Bonchev–Trinajstić information content (AvgIpc) is 2.88. The van der Waals surface area contributed by atoms with E-state index in [2.05, 4.69) is 22.5 Å². The number of likely N-dealkylation sites (tertiary alicyclic amines) is 1. The van der Waals surface area contributed by atoms with E-state index in [1.807, 2.05) is 0 Å². The summed E-state index contributed by atoms with van der Waals surface area (Å²) in [6.45, 7) is 8.50. The summed E-state index contributed by atoms with van der Waals surface area (Å²) >= 11 is 0. The van der Waals surface area contributed by atoms with Crippen molar-refractivity contribution in [2.45, 2.75) is 39.0 Å². The van der Waals surface area contributed by atoms with Crippen LogP contribution in [0.5, 0.6) is 0 Å². The third-order valence-electron chi connectivity index (χ3n) is 4.39. The largest absolute Gasteiger partial charge is 0.356 e. The van der Waals surface area contributed by atoms with E-state index in [4.69, 9.17) is 0 Å². The molecule has 2 aliphatic rings. The molecule has 0 atom stereocenters. The second-order valence-corrected chi connectivity index (χ2v) is 5.97. The molecule has 0 aromatic carbocycles. The topological polar surface area (TPSA) is 44.4 Å². The van der Waals surface area contributed by atoms with Crippen LogP contribution in [0.2, 0.25) is 0 Å². The molecule has 4 nitrogen and oxygen atoms in total. The first kappa shape index (κ1) is 13.8. The Labute approximate surface area is 110 Å². The zero-order valence-corrected chi connectivity index (χ0v) is 11.6. The van der Waals surface area contributed by atoms with Crippen molar-refractivity contribution in [3.05, 3.63) is 0 Å². The van der Waals surface area contributed by atoms with Crippen molar-refractivity contribution in [1.29, 1.82) is 0 Å². The highest BCUT2D eigenvalue weighted by Gasteiger charge is 2.34. The van der Waals surface area contributed by atoms with E-state index in [1.165, 1.54) is 25.9 Å². The van der Waals surface area contributed by atoms with Crippen LogP contribution in [0.15, 0.2) is 0 Å². The molecular formula is C14H27N3O. The summed E-state index contributed by atoms with van der Waals surface area (Å²) < 4.78 is 0. The van der Waals surface area contributed by atoms with Crippen molar-refractivity contribution in [2.24, 2.45) is 5.41 Å². The van der Waals surface area contributed by atoms with Crippen LogP contribution in [0.1, 0.15) is 39.0 Å². The molecule has 2 fully saturated rings. The van der Waals surface area contributed by atoms with Crippen LogP contribution in [0.3, 0.4) is 0 Å². The number of nitrogens with one attached hydrogen (secondary N) is 2. The maximum Gasteiger partial charge on any atom is 0.226 e. The highest BCUT2D eigenvalue weighted by atomic mass is 16.2. The van der Waals surface area contributed by atoms with E-state index < -0.39 is 0 Å². The molecule has 18 heavy (non-hydrogen) atoms. The van der Waals surface area contributed by atoms with Gasteiger partial charge in [-0.25, -0.2) is 0 Å². The lowest BCUT2D eigenvalue weighted by molar-refractivity contribution is -0.131. The van der Waals surface area contributed by atoms with Gasteiger partial charge in [-0.1, -0.05) is 6.92 Å². The second kappa shape index (κ2) is 6.53. The van der Waals surface area contributed by atoms with E-state index in [-0.39, 0.29) is 11.3 Å². The number of piperidine rings is 1. The molecule has 1 amide bonds. The third kappa shape index (κ3) is 3.69. The number of rotatable bonds is 5. The van der Waals surface area contributed by atoms with Gasteiger partial charge in [-0.05, 0) is 64.8 Å². The van der Waals surface area contributed by atoms with E-state index in [0.29, 0.717) is 0 Å². The van der Waals surface area contributed by atoms with Gasteiger partial charge < -0.3 is 15.5 Å². The van der Waals surface area contributed by atoms with Gasteiger partial charge in [-0.2, -0.15) is 0 Å². The molecule has 2 heterocycles. The Morgan fingerprint density at radius 3 is 2.61 bits per heavy atom. The van der Waals surface area contributed by atoms with Gasteiger partial charge in [-0.3, -0.25) is 4.79 Å². The predicted octanol–water partition coefficient (Wildman–Crippen LogP) is 0.978. The third-order valence-corrected chi connectivity index (χ3v) is 4.39. The molecule has 4 heteroatoms. The van der Waals surface area contributed by atoms with Crippen molar-refractivity contribution >= 4 is 5.91 Å². The fourth-order valence-electron chi connectivity index (χ4n) is 2.93. The van der Waals surface area contributed by atoms with Gasteiger partial charge in [-0.15, -0.1) is 0 Å². The zero-order chi connectivity index (χ0) is 12.8. The smallest absolute Gasteiger partial charge is 0.226 e. The van der Waals surface area contributed by atoms with E-state index in [9.17, 15) is 4.79 Å². The number of carbonyl (C=O) groups is 1. The van der Waals surface area contributed by atoms with Gasteiger partial charge in [0.1, 0.15) is 0 Å². The molecule has 0 aromatic rings. The predicted molar refractivity (Wildman–Crippen MR) is 73.5 cm³/mol. The lowest BCUT2D eigenvalue weighted by atomic mass is 9.80. The van der Waals surface area contributed by atoms with Gasteiger partial charge in [0.2, 0.25) is 5.91 Å². The fourth-order valence-corrected chi connectivity index (χ4v) is 2.93. The van der Waals surface area contributed by atoms with Crippen LogP contribution in [-0.4, -0.2) is 50.1 Å². The van der Waals surface area contributed by atoms with Crippen LogP contribution >= 0.6 is 0 Å². The van der Waals surface area contributed by atoms with Gasteiger partial charge in [0.15, 0.2) is 0 Å². The summed E-state index contributed by atoms with van der Waals surface area (Å²) in [5.74, 6) is 0.255. The highest BCUT2D eigenvalue weighted by molar-refractivity contribution is 5.82. The van der Waals surface area contributed by atoms with Crippen molar-refractivity contribution in [3.8, 4) is 0 Å². The summed E-state index contributed by atoms with van der Waals surface area (Å²) in [6.07, 6.45) is 5.70. The molecule has 2 aliphatic heterocycles. The van der Waals surface area contributed by atoms with Gasteiger partial charge >= 0.3 is 0 Å². The Hall–Kier alpha value is -0.610. The van der Waals surface area contributed by atoms with Crippen LogP contribution < -0.4 is 10.6 Å². The molecule has 0 unspecified atom stereocenters. The molecule has 0 aliphatic carbocycles. The molecule has 2 saturated heterocycles. The summed E-state index contributed by atoms with van der Waals surface area (Å²) in [5.41, 5.74) is -0.140. The molecule has 0 radical (unpaired) electrons. The first-order valence-corrected chi connectivity index (χ1v) is 7.42. The molecule has 104 valence electrons. The molecule has 0 spiro atoms. The minimum atomic E-state index is -0.140. The minimum absolute atomic E-state index is 0.140. The second-order valence-electron chi connectivity index (χ2n) is 5.97. The molecule has 0 bridgehead atoms. The first-order valence-electron chi connectivity index (χ1n) is 7.42. The lowest BCUT2D eigenvalue weighted by Gasteiger charge is -2.32. The lowest BCUT2D eigenvalue weighted by Crippen LogP contribution is -2.46. The monoisotopic (exact) mass is 253 g/mol. The molecular weight excluding hydrogens is 226 g/mol. The summed E-state index contributed by atoms with van der Waals surface area (Å²) in [6, 6.07) is 0. The Balaban J connectivity index is 1.61. The van der Waals surface area contributed by atoms with Gasteiger partial charge in [0.05, 0.1) is 0 Å². The standard InChI is InChI=1S/C14H27N3O/c1-14(5-8-15-9-6-14)13(18)16-7-4-12-17-10-2-3-11-17/h15H,2-12H2,1H3,(H,16,18). The quantitative estimate of drug-likeness (QED) is 0.718. The normalized spacial score (nSPS) is 24.1. The first-order chi connectivity index (χ1) is 8.71. The minimum Gasteiger partial charge on any atom is -0.356 e. The Kier molecular flexibility index (Phi) is 5.01. The van der Waals surface area contributed by atoms with E-state index in [1.54, 1.807) is 0 Å². The summed E-state index contributed by atoms with van der Waals surface area (Å²) in [5, 5.41) is 6.44.